The minimum atomic E-state index is -0.110. The summed E-state index contributed by atoms with van der Waals surface area (Å²) in [6.07, 6.45) is 5.11. The topological polar surface area (TPSA) is 37.3 Å². The van der Waals surface area contributed by atoms with Crippen LogP contribution < -0.4 is 0 Å². The summed E-state index contributed by atoms with van der Waals surface area (Å²) >= 11 is 0. The molecule has 118 valence electrons. The first-order valence-electron chi connectivity index (χ1n) is 8.65. The average molecular weight is 298 g/mol. The lowest BCUT2D eigenvalue weighted by Gasteiger charge is -2.53. The maximum atomic E-state index is 12.8. The molecule has 0 heterocycles. The molecule has 1 N–H and O–H groups in total. The van der Waals surface area contributed by atoms with Crippen molar-refractivity contribution >= 4 is 5.78 Å². The second-order valence-corrected chi connectivity index (χ2v) is 8.89. The summed E-state index contributed by atoms with van der Waals surface area (Å²) in [5.41, 5.74) is 2.77. The molecule has 0 bridgehead atoms. The Morgan fingerprint density at radius 2 is 2.00 bits per heavy atom. The first-order valence-corrected chi connectivity index (χ1v) is 8.65. The average Bonchev–Trinajstić information content (AvgIpc) is 2.78. The van der Waals surface area contributed by atoms with Gasteiger partial charge >= 0.3 is 0 Å². The molecule has 0 radical (unpaired) electrons. The van der Waals surface area contributed by atoms with Crippen molar-refractivity contribution in [3.05, 3.63) is 29.3 Å². The van der Waals surface area contributed by atoms with Gasteiger partial charge in [0.15, 0.2) is 0 Å². The molecule has 0 aliphatic heterocycles. The Kier molecular flexibility index (Phi) is 2.84. The molecule has 22 heavy (non-hydrogen) atoms. The van der Waals surface area contributed by atoms with Crippen molar-refractivity contribution < 1.29 is 9.90 Å². The van der Waals surface area contributed by atoms with E-state index in [1.54, 1.807) is 0 Å². The summed E-state index contributed by atoms with van der Waals surface area (Å²) in [4.78, 5) is 12.8. The zero-order chi connectivity index (χ0) is 15.7. The number of phenolic OH excluding ortho intramolecular Hbond substituents is 1. The van der Waals surface area contributed by atoms with Crippen LogP contribution in [0.25, 0.3) is 0 Å². The minimum absolute atomic E-state index is 0.110. The fourth-order valence-corrected chi connectivity index (χ4v) is 5.69. The highest BCUT2D eigenvalue weighted by Crippen LogP contribution is 2.61. The van der Waals surface area contributed by atoms with Crippen molar-refractivity contribution in [3.63, 3.8) is 0 Å². The summed E-state index contributed by atoms with van der Waals surface area (Å²) in [7, 11) is 0. The summed E-state index contributed by atoms with van der Waals surface area (Å²) in [5.74, 6) is 2.54. The lowest BCUT2D eigenvalue weighted by Crippen LogP contribution is -2.51. The zero-order valence-electron chi connectivity index (χ0n) is 13.9. The Morgan fingerprint density at radius 1 is 1.23 bits per heavy atom. The van der Waals surface area contributed by atoms with Crippen LogP contribution in [0.2, 0.25) is 0 Å². The third-order valence-electron chi connectivity index (χ3n) is 6.86. The van der Waals surface area contributed by atoms with Crippen LogP contribution in [0.4, 0.5) is 0 Å². The molecule has 1 aromatic carbocycles. The number of ketones is 1. The Morgan fingerprint density at radius 3 is 2.77 bits per heavy atom. The number of benzene rings is 1. The van der Waals surface area contributed by atoms with E-state index in [4.69, 9.17) is 0 Å². The van der Waals surface area contributed by atoms with E-state index < -0.39 is 0 Å². The quantitative estimate of drug-likeness (QED) is 0.768. The van der Waals surface area contributed by atoms with Crippen LogP contribution in [-0.4, -0.2) is 10.9 Å². The van der Waals surface area contributed by atoms with Crippen molar-refractivity contribution in [2.24, 2.45) is 22.7 Å². The molecule has 0 saturated heterocycles. The first-order chi connectivity index (χ1) is 10.3. The predicted molar refractivity (Wildman–Crippen MR) is 86.9 cm³/mol. The van der Waals surface area contributed by atoms with Gasteiger partial charge in [-0.3, -0.25) is 4.79 Å². The number of hydrogen-bond acceptors (Lipinski definition) is 2. The fourth-order valence-electron chi connectivity index (χ4n) is 5.69. The number of fused-ring (bicyclic) bond motifs is 5. The molecule has 4 rings (SSSR count). The van der Waals surface area contributed by atoms with Gasteiger partial charge < -0.3 is 5.11 Å². The van der Waals surface area contributed by atoms with E-state index in [2.05, 4.69) is 26.8 Å². The SMILES string of the molecule is CC1(C)CC(=O)[C@@]2(C)CC[C@H]3c4ccc(O)cc4C[C@H]3[C@@H]2C1. The van der Waals surface area contributed by atoms with Gasteiger partial charge in [0.2, 0.25) is 0 Å². The normalized spacial score (nSPS) is 39.0. The van der Waals surface area contributed by atoms with Crippen molar-refractivity contribution in [1.82, 2.24) is 0 Å². The highest BCUT2D eigenvalue weighted by molar-refractivity contribution is 5.86. The fraction of sp³-hybridized carbons (Fsp3) is 0.650. The molecular formula is C20H26O2. The second kappa shape index (κ2) is 4.37. The first kappa shape index (κ1) is 14.3. The molecule has 1 aromatic rings. The molecule has 2 heteroatoms. The lowest BCUT2D eigenvalue weighted by molar-refractivity contribution is -0.145. The van der Waals surface area contributed by atoms with E-state index in [0.717, 1.165) is 32.1 Å². The third kappa shape index (κ3) is 1.89. The molecule has 2 fully saturated rings. The summed E-state index contributed by atoms with van der Waals surface area (Å²) in [6.45, 7) is 6.73. The number of carbonyl (C=O) groups excluding carboxylic acids is 1. The van der Waals surface area contributed by atoms with Crippen LogP contribution in [0.3, 0.4) is 0 Å². The Balaban J connectivity index is 1.74. The smallest absolute Gasteiger partial charge is 0.139 e. The number of Topliss-reactive ketones (excluding diaryl/α,β-unsaturated/α-hetero) is 1. The molecule has 3 aliphatic rings. The van der Waals surface area contributed by atoms with Crippen molar-refractivity contribution in [1.29, 1.82) is 0 Å². The van der Waals surface area contributed by atoms with E-state index in [-0.39, 0.29) is 10.8 Å². The highest BCUT2D eigenvalue weighted by Gasteiger charge is 2.56. The van der Waals surface area contributed by atoms with Gasteiger partial charge in [-0.05, 0) is 72.1 Å². The van der Waals surface area contributed by atoms with E-state index in [9.17, 15) is 9.90 Å². The zero-order valence-corrected chi connectivity index (χ0v) is 13.9. The van der Waals surface area contributed by atoms with Gasteiger partial charge in [-0.2, -0.15) is 0 Å². The van der Waals surface area contributed by atoms with Crippen LogP contribution in [0.1, 0.15) is 63.5 Å². The van der Waals surface area contributed by atoms with Gasteiger partial charge in [0.05, 0.1) is 0 Å². The van der Waals surface area contributed by atoms with Crippen molar-refractivity contribution in [2.45, 2.75) is 58.8 Å². The standard InChI is InChI=1S/C20H26O2/c1-19(2)10-17-16-9-12-8-13(21)4-5-14(12)15(16)6-7-20(17,3)18(22)11-19/h4-5,8,15-17,21H,6-7,9-11H2,1-3H3/t15-,16+,17-,20-/m0/s1. The highest BCUT2D eigenvalue weighted by atomic mass is 16.3. The summed E-state index contributed by atoms with van der Waals surface area (Å²) < 4.78 is 0. The number of aromatic hydroxyl groups is 1. The van der Waals surface area contributed by atoms with Crippen LogP contribution in [-0.2, 0) is 11.2 Å². The summed E-state index contributed by atoms with van der Waals surface area (Å²) in [6, 6.07) is 5.89. The molecule has 0 aromatic heterocycles. The molecule has 2 nitrogen and oxygen atoms in total. The van der Waals surface area contributed by atoms with Crippen LogP contribution in [0.15, 0.2) is 18.2 Å². The Bertz CT molecular complexity index is 645. The third-order valence-corrected chi connectivity index (χ3v) is 6.86. The van der Waals surface area contributed by atoms with Gasteiger partial charge in [-0.1, -0.05) is 26.8 Å². The molecule has 4 atom stereocenters. The van der Waals surface area contributed by atoms with Crippen molar-refractivity contribution in [2.75, 3.05) is 0 Å². The monoisotopic (exact) mass is 298 g/mol. The Hall–Kier alpha value is -1.31. The Labute approximate surface area is 132 Å². The van der Waals surface area contributed by atoms with Gasteiger partial charge in [0, 0.05) is 11.8 Å². The van der Waals surface area contributed by atoms with Crippen LogP contribution >= 0.6 is 0 Å². The number of hydrogen-bond donors (Lipinski definition) is 1. The van der Waals surface area contributed by atoms with E-state index in [1.807, 2.05) is 12.1 Å². The number of phenols is 1. The second-order valence-electron chi connectivity index (χ2n) is 8.89. The minimum Gasteiger partial charge on any atom is -0.508 e. The molecule has 0 spiro atoms. The van der Waals surface area contributed by atoms with Gasteiger partial charge in [-0.25, -0.2) is 0 Å². The van der Waals surface area contributed by atoms with Gasteiger partial charge in [-0.15, -0.1) is 0 Å². The van der Waals surface area contributed by atoms with Crippen LogP contribution in [0, 0.1) is 22.7 Å². The van der Waals surface area contributed by atoms with Crippen molar-refractivity contribution in [3.8, 4) is 5.75 Å². The molecular weight excluding hydrogens is 272 g/mol. The lowest BCUT2D eigenvalue weighted by atomic mass is 9.49. The van der Waals surface area contributed by atoms with E-state index in [1.165, 1.54) is 11.1 Å². The maximum absolute atomic E-state index is 12.8. The van der Waals surface area contributed by atoms with E-state index in [0.29, 0.717) is 29.3 Å². The number of rotatable bonds is 0. The number of carbonyl (C=O) groups is 1. The van der Waals surface area contributed by atoms with E-state index >= 15 is 0 Å². The largest absolute Gasteiger partial charge is 0.508 e. The molecule has 0 unspecified atom stereocenters. The molecule has 3 aliphatic carbocycles. The maximum Gasteiger partial charge on any atom is 0.139 e. The molecule has 2 saturated carbocycles. The predicted octanol–water partition coefficient (Wildman–Crippen LogP) is 4.45. The molecule has 0 amide bonds. The van der Waals surface area contributed by atoms with Crippen LogP contribution in [0.5, 0.6) is 5.75 Å². The van der Waals surface area contributed by atoms with Gasteiger partial charge in [0.1, 0.15) is 11.5 Å². The van der Waals surface area contributed by atoms with Gasteiger partial charge in [0.25, 0.3) is 0 Å². The summed E-state index contributed by atoms with van der Waals surface area (Å²) in [5, 5.41) is 9.78.